The summed E-state index contributed by atoms with van der Waals surface area (Å²) in [6.07, 6.45) is 2.10. The molecule has 0 aliphatic heterocycles. The lowest BCUT2D eigenvalue weighted by atomic mass is 10.1. The van der Waals surface area contributed by atoms with Gasteiger partial charge >= 0.3 is 0 Å². The molecule has 0 unspecified atom stereocenters. The summed E-state index contributed by atoms with van der Waals surface area (Å²) in [5.41, 5.74) is 4.45. The van der Waals surface area contributed by atoms with E-state index in [0.717, 1.165) is 35.3 Å². The van der Waals surface area contributed by atoms with Crippen LogP contribution in [0.3, 0.4) is 0 Å². The molecule has 2 N–H and O–H groups in total. The first-order valence-electron chi connectivity index (χ1n) is 7.70. The van der Waals surface area contributed by atoms with Crippen LogP contribution in [0.1, 0.15) is 17.0 Å². The molecular formula is C17H26IN5S. The lowest BCUT2D eigenvalue weighted by Gasteiger charge is -2.14. The third kappa shape index (κ3) is 5.70. The van der Waals surface area contributed by atoms with Crippen LogP contribution in [-0.4, -0.2) is 41.3 Å². The zero-order valence-corrected chi connectivity index (χ0v) is 17.8. The van der Waals surface area contributed by atoms with Gasteiger partial charge < -0.3 is 10.6 Å². The molecule has 132 valence electrons. The quantitative estimate of drug-likeness (QED) is 0.302. The first kappa shape index (κ1) is 20.8. The first-order valence-corrected chi connectivity index (χ1v) is 9.10. The zero-order chi connectivity index (χ0) is 16.7. The number of nitrogens with one attached hydrogen (secondary N) is 2. The van der Waals surface area contributed by atoms with E-state index in [2.05, 4.69) is 58.2 Å². The molecule has 0 atom stereocenters. The second-order valence-corrected chi connectivity index (χ2v) is 6.30. The molecule has 7 heteroatoms. The predicted molar refractivity (Wildman–Crippen MR) is 115 cm³/mol. The summed E-state index contributed by atoms with van der Waals surface area (Å²) in [6, 6.07) is 10.4. The van der Waals surface area contributed by atoms with Crippen LogP contribution in [0.5, 0.6) is 0 Å². The minimum Gasteiger partial charge on any atom is -0.356 e. The number of aryl methyl sites for hydroxylation is 2. The number of hydrogen-bond donors (Lipinski definition) is 2. The largest absolute Gasteiger partial charge is 0.356 e. The Bertz CT molecular complexity index is 669. The van der Waals surface area contributed by atoms with Crippen LogP contribution in [0, 0.1) is 13.8 Å². The fraction of sp³-hybridized carbons (Fsp3) is 0.412. The Morgan fingerprint density at radius 2 is 2.00 bits per heavy atom. The van der Waals surface area contributed by atoms with Crippen LogP contribution >= 0.6 is 35.7 Å². The van der Waals surface area contributed by atoms with Crippen molar-refractivity contribution in [3.05, 3.63) is 47.3 Å². The fourth-order valence-electron chi connectivity index (χ4n) is 2.41. The number of para-hydroxylation sites is 1. The van der Waals surface area contributed by atoms with Crippen molar-refractivity contribution in [2.75, 3.05) is 25.6 Å². The average Bonchev–Trinajstić information content (AvgIpc) is 2.89. The van der Waals surface area contributed by atoms with Crippen LogP contribution in [0.4, 0.5) is 0 Å². The van der Waals surface area contributed by atoms with Gasteiger partial charge in [-0.05, 0) is 37.8 Å². The van der Waals surface area contributed by atoms with Gasteiger partial charge in [0.1, 0.15) is 0 Å². The van der Waals surface area contributed by atoms with Crippen LogP contribution in [0.2, 0.25) is 0 Å². The van der Waals surface area contributed by atoms with Gasteiger partial charge in [-0.15, -0.1) is 24.0 Å². The molecule has 0 saturated heterocycles. The molecule has 2 rings (SSSR count). The van der Waals surface area contributed by atoms with E-state index in [1.54, 1.807) is 7.05 Å². The molecule has 0 spiro atoms. The van der Waals surface area contributed by atoms with Crippen LogP contribution in [0.15, 0.2) is 35.3 Å². The summed E-state index contributed by atoms with van der Waals surface area (Å²) < 4.78 is 2.00. The van der Waals surface area contributed by atoms with Crippen LogP contribution < -0.4 is 10.6 Å². The predicted octanol–water partition coefficient (Wildman–Crippen LogP) is 3.14. The standard InChI is InChI=1S/C17H25N5S.HI/c1-13-11-14(2)22(21-13)16-8-6-5-7-15(16)12-20-17(18-3)19-9-10-23-4;/h5-8,11H,9-10,12H2,1-4H3,(H2,18,19,20);1H. The van der Waals surface area contributed by atoms with E-state index in [4.69, 9.17) is 0 Å². The Hall–Kier alpha value is -1.22. The smallest absolute Gasteiger partial charge is 0.191 e. The molecule has 1 aromatic carbocycles. The molecule has 0 bridgehead atoms. The van der Waals surface area contributed by atoms with Gasteiger partial charge in [0.25, 0.3) is 0 Å². The molecule has 0 amide bonds. The fourth-order valence-corrected chi connectivity index (χ4v) is 2.72. The number of benzene rings is 1. The number of aliphatic imine (C=N–C) groups is 1. The number of guanidine groups is 1. The Balaban J connectivity index is 0.00000288. The molecular weight excluding hydrogens is 433 g/mol. The van der Waals surface area contributed by atoms with Crippen molar-refractivity contribution in [2.45, 2.75) is 20.4 Å². The highest BCUT2D eigenvalue weighted by Crippen LogP contribution is 2.16. The van der Waals surface area contributed by atoms with Crippen molar-refractivity contribution < 1.29 is 0 Å². The summed E-state index contributed by atoms with van der Waals surface area (Å²) >= 11 is 1.82. The maximum Gasteiger partial charge on any atom is 0.191 e. The molecule has 0 aliphatic rings. The molecule has 0 radical (unpaired) electrons. The Morgan fingerprint density at radius 1 is 1.25 bits per heavy atom. The molecule has 0 fully saturated rings. The van der Waals surface area contributed by atoms with Crippen molar-refractivity contribution in [1.29, 1.82) is 0 Å². The van der Waals surface area contributed by atoms with Gasteiger partial charge in [0.05, 0.1) is 11.4 Å². The third-order valence-corrected chi connectivity index (χ3v) is 4.11. The van der Waals surface area contributed by atoms with Gasteiger partial charge in [-0.2, -0.15) is 16.9 Å². The molecule has 5 nitrogen and oxygen atoms in total. The van der Waals surface area contributed by atoms with Gasteiger partial charge in [0.15, 0.2) is 5.96 Å². The van der Waals surface area contributed by atoms with E-state index >= 15 is 0 Å². The third-order valence-electron chi connectivity index (χ3n) is 3.50. The topological polar surface area (TPSA) is 54.2 Å². The number of halogens is 1. The Morgan fingerprint density at radius 3 is 2.62 bits per heavy atom. The molecule has 0 aliphatic carbocycles. The maximum atomic E-state index is 4.59. The SMILES string of the molecule is CN=C(NCCSC)NCc1ccccc1-n1nc(C)cc1C.I. The van der Waals surface area contributed by atoms with Crippen LogP contribution in [0.25, 0.3) is 5.69 Å². The number of aromatic nitrogens is 2. The van der Waals surface area contributed by atoms with E-state index in [1.165, 1.54) is 5.56 Å². The number of rotatable bonds is 6. The number of thioether (sulfide) groups is 1. The second kappa shape index (κ2) is 10.6. The van der Waals surface area contributed by atoms with Crippen molar-refractivity contribution in [1.82, 2.24) is 20.4 Å². The van der Waals surface area contributed by atoms with Crippen molar-refractivity contribution in [2.24, 2.45) is 4.99 Å². The second-order valence-electron chi connectivity index (χ2n) is 5.31. The maximum absolute atomic E-state index is 4.59. The van der Waals surface area contributed by atoms with E-state index in [1.807, 2.05) is 29.4 Å². The monoisotopic (exact) mass is 459 g/mol. The van der Waals surface area contributed by atoms with Crippen molar-refractivity contribution in [3.63, 3.8) is 0 Å². The van der Waals surface area contributed by atoms with E-state index in [-0.39, 0.29) is 24.0 Å². The van der Waals surface area contributed by atoms with E-state index < -0.39 is 0 Å². The normalized spacial score (nSPS) is 11.1. The van der Waals surface area contributed by atoms with Crippen molar-refractivity contribution >= 4 is 41.7 Å². The summed E-state index contributed by atoms with van der Waals surface area (Å²) in [4.78, 5) is 4.26. The number of hydrogen-bond acceptors (Lipinski definition) is 3. The number of nitrogens with zero attached hydrogens (tertiary/aromatic N) is 3. The first-order chi connectivity index (χ1) is 11.2. The van der Waals surface area contributed by atoms with Gasteiger partial charge in [0.2, 0.25) is 0 Å². The highest BCUT2D eigenvalue weighted by Gasteiger charge is 2.09. The highest BCUT2D eigenvalue weighted by molar-refractivity contribution is 14.0. The molecule has 1 heterocycles. The molecule has 24 heavy (non-hydrogen) atoms. The highest BCUT2D eigenvalue weighted by atomic mass is 127. The van der Waals surface area contributed by atoms with E-state index in [9.17, 15) is 0 Å². The summed E-state index contributed by atoms with van der Waals surface area (Å²) in [5, 5.41) is 11.3. The minimum atomic E-state index is 0. The lowest BCUT2D eigenvalue weighted by molar-refractivity contribution is 0.789. The summed E-state index contributed by atoms with van der Waals surface area (Å²) in [5.74, 6) is 1.88. The molecule has 2 aromatic rings. The van der Waals surface area contributed by atoms with E-state index in [0.29, 0.717) is 6.54 Å². The molecule has 0 saturated carbocycles. The van der Waals surface area contributed by atoms with Crippen LogP contribution in [-0.2, 0) is 6.54 Å². The zero-order valence-electron chi connectivity index (χ0n) is 14.7. The Kier molecular flexibility index (Phi) is 9.20. The van der Waals surface area contributed by atoms with Gasteiger partial charge in [-0.25, -0.2) is 4.68 Å². The van der Waals surface area contributed by atoms with Gasteiger partial charge in [-0.3, -0.25) is 4.99 Å². The average molecular weight is 459 g/mol. The minimum absolute atomic E-state index is 0. The van der Waals surface area contributed by atoms with Gasteiger partial charge in [-0.1, -0.05) is 18.2 Å². The molecule has 1 aromatic heterocycles. The summed E-state index contributed by atoms with van der Waals surface area (Å²) in [7, 11) is 1.79. The van der Waals surface area contributed by atoms with Crippen molar-refractivity contribution in [3.8, 4) is 5.69 Å². The van der Waals surface area contributed by atoms with Gasteiger partial charge in [0, 0.05) is 31.6 Å². The summed E-state index contributed by atoms with van der Waals surface area (Å²) in [6.45, 7) is 5.70. The Labute approximate surface area is 165 Å². The lowest BCUT2D eigenvalue weighted by Crippen LogP contribution is -2.38.